The third-order valence-corrected chi connectivity index (χ3v) is 6.67. The monoisotopic (exact) mass is 508 g/mol. The molecule has 0 radical (unpaired) electrons. The predicted octanol–water partition coefficient (Wildman–Crippen LogP) is 3.52. The van der Waals surface area contributed by atoms with Gasteiger partial charge in [-0.3, -0.25) is 38.7 Å². The molecule has 6 rings (SSSR count). The van der Waals surface area contributed by atoms with Gasteiger partial charge >= 0.3 is 0 Å². The first-order chi connectivity index (χ1) is 18.1. The minimum atomic E-state index is -0.615. The summed E-state index contributed by atoms with van der Waals surface area (Å²) in [4.78, 5) is 85.4. The van der Waals surface area contributed by atoms with Crippen LogP contribution in [0.3, 0.4) is 0 Å². The molecule has 38 heavy (non-hydrogen) atoms. The van der Waals surface area contributed by atoms with Crippen LogP contribution in [0.25, 0.3) is 0 Å². The zero-order chi connectivity index (χ0) is 27.0. The first-order valence-electron chi connectivity index (χ1n) is 11.5. The second-order valence-electron chi connectivity index (χ2n) is 9.09. The number of fused-ring (bicyclic) bond motifs is 4. The van der Waals surface area contributed by atoms with Crippen LogP contribution in [0, 0.1) is 6.92 Å². The van der Waals surface area contributed by atoms with E-state index in [2.05, 4.69) is 9.97 Å². The smallest absolute Gasteiger partial charge is 0.248 e. The van der Waals surface area contributed by atoms with Gasteiger partial charge in [0.25, 0.3) is 0 Å². The average molecular weight is 508 g/mol. The van der Waals surface area contributed by atoms with E-state index in [1.54, 1.807) is 0 Å². The maximum Gasteiger partial charge on any atom is 0.248 e. The molecule has 4 heterocycles. The van der Waals surface area contributed by atoms with Gasteiger partial charge in [0.2, 0.25) is 17.3 Å². The summed E-state index contributed by atoms with van der Waals surface area (Å²) in [5.41, 5.74) is 0.0179. The van der Waals surface area contributed by atoms with E-state index < -0.39 is 34.7 Å². The van der Waals surface area contributed by atoms with Crippen LogP contribution < -0.4 is 0 Å². The first kappa shape index (κ1) is 23.3. The van der Waals surface area contributed by atoms with Gasteiger partial charge in [-0.25, -0.2) is 0 Å². The summed E-state index contributed by atoms with van der Waals surface area (Å²) in [6, 6.07) is 4.40. The topological polar surface area (TPSA) is 154 Å². The Balaban J connectivity index is 1.44. The zero-order valence-corrected chi connectivity index (χ0v) is 20.3. The summed E-state index contributed by atoms with van der Waals surface area (Å²) in [6.45, 7) is 4.03. The molecule has 2 aliphatic rings. The minimum Gasteiger partial charge on any atom is -0.456 e. The van der Waals surface area contributed by atoms with E-state index in [-0.39, 0.29) is 74.2 Å². The highest BCUT2D eigenvalue weighted by Crippen LogP contribution is 2.36. The number of rotatable bonds is 4. The molecule has 0 amide bonds. The highest BCUT2D eigenvalue weighted by atomic mass is 16.4. The molecule has 0 atom stereocenters. The normalized spacial score (nSPS) is 13.7. The van der Waals surface area contributed by atoms with Crippen molar-refractivity contribution in [2.24, 2.45) is 0 Å². The number of carbonyl (C=O) groups excluding carboxylic acids is 6. The largest absolute Gasteiger partial charge is 0.456 e. The molecule has 0 saturated carbocycles. The summed E-state index contributed by atoms with van der Waals surface area (Å²) < 4.78 is 11.3. The van der Waals surface area contributed by atoms with E-state index in [0.29, 0.717) is 5.56 Å². The van der Waals surface area contributed by atoms with Gasteiger partial charge in [0.15, 0.2) is 28.9 Å². The molecule has 0 spiro atoms. The molecule has 0 unspecified atom stereocenters. The molecule has 0 fully saturated rings. The van der Waals surface area contributed by atoms with E-state index in [0.717, 1.165) is 0 Å². The standard InChI is InChI=1S/C28H16N2O8/c1-10(31)17-12(3)37-27-19(17)25(35)22-15(24(27)34)7-13(9-30-22)8-16-18(11(2)32)20-23(33)14-5-4-6-29-21(14)26(36)28(20)38-16/h4-7,9H,8H2,1-3H3. The van der Waals surface area contributed by atoms with Gasteiger partial charge < -0.3 is 8.83 Å². The van der Waals surface area contributed by atoms with Crippen LogP contribution in [-0.4, -0.2) is 44.7 Å². The van der Waals surface area contributed by atoms with E-state index in [1.165, 1.54) is 51.4 Å². The fourth-order valence-corrected chi connectivity index (χ4v) is 5.09. The molecule has 0 bridgehead atoms. The van der Waals surface area contributed by atoms with Crippen LogP contribution in [0.4, 0.5) is 0 Å². The van der Waals surface area contributed by atoms with Crippen molar-refractivity contribution in [3.05, 3.63) is 104 Å². The Morgan fingerprint density at radius 1 is 0.789 bits per heavy atom. The fourth-order valence-electron chi connectivity index (χ4n) is 5.09. The Hall–Kier alpha value is -5.12. The van der Waals surface area contributed by atoms with Crippen molar-refractivity contribution >= 4 is 34.7 Å². The van der Waals surface area contributed by atoms with Gasteiger partial charge in [-0.1, -0.05) is 0 Å². The molecule has 0 N–H and O–H groups in total. The molecule has 0 aromatic carbocycles. The summed E-state index contributed by atoms with van der Waals surface area (Å²) >= 11 is 0. The molecule has 10 nitrogen and oxygen atoms in total. The van der Waals surface area contributed by atoms with Gasteiger partial charge in [-0.05, 0) is 44.5 Å². The predicted molar refractivity (Wildman–Crippen MR) is 127 cm³/mol. The van der Waals surface area contributed by atoms with E-state index in [1.807, 2.05) is 0 Å². The number of Topliss-reactive ketones (excluding diaryl/α,β-unsaturated/α-hetero) is 2. The first-order valence-corrected chi connectivity index (χ1v) is 11.5. The number of ketones is 6. The Labute approximate surface area is 213 Å². The number of hydrogen-bond donors (Lipinski definition) is 0. The molecule has 4 aromatic heterocycles. The average Bonchev–Trinajstić information content (AvgIpc) is 3.44. The summed E-state index contributed by atoms with van der Waals surface area (Å²) in [5.74, 6) is -3.58. The molecule has 0 saturated heterocycles. The maximum atomic E-state index is 13.2. The highest BCUT2D eigenvalue weighted by Gasteiger charge is 2.41. The fraction of sp³-hybridized carbons (Fsp3) is 0.143. The zero-order valence-electron chi connectivity index (χ0n) is 20.3. The van der Waals surface area contributed by atoms with E-state index in [9.17, 15) is 28.8 Å². The lowest BCUT2D eigenvalue weighted by molar-refractivity contribution is 0.0952. The SMILES string of the molecule is CC(=O)c1c(C)oc2c1C(=O)c1ncc(Cc3oc4c(c3C(C)=O)C(=O)c3cccnc3C4=O)cc1C2=O. The van der Waals surface area contributed by atoms with Crippen molar-refractivity contribution in [2.45, 2.75) is 27.2 Å². The van der Waals surface area contributed by atoms with Gasteiger partial charge in [0.05, 0.1) is 33.4 Å². The minimum absolute atomic E-state index is 0.0340. The van der Waals surface area contributed by atoms with Crippen LogP contribution in [0.5, 0.6) is 0 Å². The van der Waals surface area contributed by atoms with Crippen molar-refractivity contribution < 1.29 is 37.6 Å². The van der Waals surface area contributed by atoms with Gasteiger partial charge in [0.1, 0.15) is 22.9 Å². The molecular weight excluding hydrogens is 492 g/mol. The van der Waals surface area contributed by atoms with Crippen molar-refractivity contribution in [3.8, 4) is 0 Å². The second kappa shape index (κ2) is 7.94. The number of nitrogens with zero attached hydrogens (tertiary/aromatic N) is 2. The molecule has 2 aliphatic carbocycles. The Morgan fingerprint density at radius 3 is 2.16 bits per heavy atom. The summed E-state index contributed by atoms with van der Waals surface area (Å²) in [6.07, 6.45) is 2.62. The van der Waals surface area contributed by atoms with Crippen LogP contribution in [-0.2, 0) is 6.42 Å². The van der Waals surface area contributed by atoms with Gasteiger partial charge in [0, 0.05) is 18.8 Å². The van der Waals surface area contributed by atoms with Crippen molar-refractivity contribution in [3.63, 3.8) is 0 Å². The number of aryl methyl sites for hydroxylation is 1. The molecule has 10 heteroatoms. The molecular formula is C28H16N2O8. The van der Waals surface area contributed by atoms with E-state index in [4.69, 9.17) is 8.83 Å². The van der Waals surface area contributed by atoms with Crippen molar-refractivity contribution in [1.82, 2.24) is 9.97 Å². The van der Waals surface area contributed by atoms with Crippen LogP contribution in [0.1, 0.15) is 116 Å². The number of aromatic nitrogens is 2. The summed E-state index contributed by atoms with van der Waals surface area (Å²) in [5, 5.41) is 0. The lowest BCUT2D eigenvalue weighted by atomic mass is 9.87. The number of hydrogen-bond acceptors (Lipinski definition) is 10. The van der Waals surface area contributed by atoms with Crippen LogP contribution in [0.2, 0.25) is 0 Å². The summed E-state index contributed by atoms with van der Waals surface area (Å²) in [7, 11) is 0. The Bertz CT molecular complexity index is 1840. The number of pyridine rings is 2. The molecule has 4 aromatic rings. The lowest BCUT2D eigenvalue weighted by Crippen LogP contribution is -2.23. The maximum absolute atomic E-state index is 13.2. The van der Waals surface area contributed by atoms with E-state index >= 15 is 0 Å². The molecule has 186 valence electrons. The quantitative estimate of drug-likeness (QED) is 0.323. The van der Waals surface area contributed by atoms with Crippen molar-refractivity contribution in [1.29, 1.82) is 0 Å². The third kappa shape index (κ3) is 3.06. The Morgan fingerprint density at radius 2 is 1.45 bits per heavy atom. The lowest BCUT2D eigenvalue weighted by Gasteiger charge is -2.14. The number of furan rings is 2. The highest BCUT2D eigenvalue weighted by molar-refractivity contribution is 6.30. The van der Waals surface area contributed by atoms with Crippen molar-refractivity contribution in [2.75, 3.05) is 0 Å². The van der Waals surface area contributed by atoms with Gasteiger partial charge in [-0.15, -0.1) is 0 Å². The number of carbonyl (C=O) groups is 6. The van der Waals surface area contributed by atoms with Crippen LogP contribution in [0.15, 0.2) is 39.4 Å². The second-order valence-corrected chi connectivity index (χ2v) is 9.09. The molecule has 0 aliphatic heterocycles. The third-order valence-electron chi connectivity index (χ3n) is 6.67. The van der Waals surface area contributed by atoms with Crippen LogP contribution >= 0.6 is 0 Å². The Kier molecular flexibility index (Phi) is 4.87. The van der Waals surface area contributed by atoms with Gasteiger partial charge in [-0.2, -0.15) is 0 Å².